The summed E-state index contributed by atoms with van der Waals surface area (Å²) < 4.78 is 0. The van der Waals surface area contributed by atoms with Crippen LogP contribution in [0.1, 0.15) is 30.7 Å². The number of amides is 2. The van der Waals surface area contributed by atoms with Crippen LogP contribution in [-0.2, 0) is 9.59 Å². The van der Waals surface area contributed by atoms with E-state index in [2.05, 4.69) is 15.5 Å². The summed E-state index contributed by atoms with van der Waals surface area (Å²) >= 11 is 1.58. The highest BCUT2D eigenvalue weighted by Gasteiger charge is 2.32. The molecule has 2 saturated heterocycles. The van der Waals surface area contributed by atoms with Gasteiger partial charge >= 0.3 is 0 Å². The lowest BCUT2D eigenvalue weighted by molar-refractivity contribution is -0.131. The van der Waals surface area contributed by atoms with Crippen LogP contribution in [0.4, 0.5) is 0 Å². The first-order valence-electron chi connectivity index (χ1n) is 8.66. The van der Waals surface area contributed by atoms with E-state index in [0.29, 0.717) is 12.5 Å². The molecule has 0 saturated carbocycles. The molecule has 7 heteroatoms. The van der Waals surface area contributed by atoms with Gasteiger partial charge in [0, 0.05) is 57.1 Å². The van der Waals surface area contributed by atoms with Gasteiger partial charge in [0.05, 0.1) is 12.5 Å². The van der Waals surface area contributed by atoms with Crippen LogP contribution in [0.3, 0.4) is 0 Å². The molecule has 1 aromatic heterocycles. The molecule has 132 valence electrons. The topological polar surface area (TPSA) is 64.7 Å². The number of hydrogen-bond donors (Lipinski definition) is 2. The number of likely N-dealkylation sites (tertiary alicyclic amines) is 1. The van der Waals surface area contributed by atoms with Crippen LogP contribution in [0, 0.1) is 0 Å². The molecule has 0 spiro atoms. The molecule has 3 rings (SSSR count). The van der Waals surface area contributed by atoms with Crippen molar-refractivity contribution in [1.82, 2.24) is 20.4 Å². The van der Waals surface area contributed by atoms with E-state index in [1.807, 2.05) is 22.4 Å². The number of nitrogens with one attached hydrogen (secondary N) is 2. The monoisotopic (exact) mass is 350 g/mol. The Morgan fingerprint density at radius 2 is 2.17 bits per heavy atom. The fraction of sp³-hybridized carbons (Fsp3) is 0.647. The molecule has 0 aromatic carbocycles. The van der Waals surface area contributed by atoms with Crippen molar-refractivity contribution in [3.8, 4) is 0 Å². The van der Waals surface area contributed by atoms with Crippen LogP contribution in [0.25, 0.3) is 0 Å². The first-order valence-corrected chi connectivity index (χ1v) is 9.54. The zero-order chi connectivity index (χ0) is 16.9. The van der Waals surface area contributed by atoms with Gasteiger partial charge in [0.15, 0.2) is 0 Å². The maximum absolute atomic E-state index is 12.7. The zero-order valence-electron chi connectivity index (χ0n) is 14.2. The van der Waals surface area contributed by atoms with E-state index in [-0.39, 0.29) is 17.9 Å². The van der Waals surface area contributed by atoms with Crippen LogP contribution >= 0.6 is 11.3 Å². The third kappa shape index (κ3) is 4.34. The van der Waals surface area contributed by atoms with Gasteiger partial charge in [0.1, 0.15) is 0 Å². The molecule has 2 unspecified atom stereocenters. The lowest BCUT2D eigenvalue weighted by Gasteiger charge is -2.32. The fourth-order valence-corrected chi connectivity index (χ4v) is 4.35. The number of nitrogens with zero attached hydrogens (tertiary/aromatic N) is 2. The molecule has 1 aromatic rings. The second kappa shape index (κ2) is 8.09. The van der Waals surface area contributed by atoms with Crippen LogP contribution in [0.5, 0.6) is 0 Å². The predicted octanol–water partition coefficient (Wildman–Crippen LogP) is 0.822. The summed E-state index contributed by atoms with van der Waals surface area (Å²) in [6.45, 7) is 7.34. The van der Waals surface area contributed by atoms with E-state index in [0.717, 1.165) is 50.6 Å². The highest BCUT2D eigenvalue weighted by Crippen LogP contribution is 2.24. The van der Waals surface area contributed by atoms with Gasteiger partial charge in [-0.3, -0.25) is 14.5 Å². The third-order valence-corrected chi connectivity index (χ3v) is 5.81. The molecule has 6 nitrogen and oxygen atoms in total. The van der Waals surface area contributed by atoms with Crippen molar-refractivity contribution in [2.75, 3.05) is 39.3 Å². The van der Waals surface area contributed by atoms with Gasteiger partial charge in [-0.25, -0.2) is 0 Å². The lowest BCUT2D eigenvalue weighted by Crippen LogP contribution is -2.49. The summed E-state index contributed by atoms with van der Waals surface area (Å²) in [5, 5.41) is 8.26. The maximum Gasteiger partial charge on any atom is 0.225 e. The normalized spacial score (nSPS) is 23.2. The Morgan fingerprint density at radius 3 is 2.83 bits per heavy atom. The lowest BCUT2D eigenvalue weighted by atomic mass is 10.1. The Hall–Kier alpha value is -1.44. The Balaban J connectivity index is 1.56. The van der Waals surface area contributed by atoms with E-state index < -0.39 is 0 Å². The summed E-state index contributed by atoms with van der Waals surface area (Å²) in [5.74, 6) is 0.0427. The smallest absolute Gasteiger partial charge is 0.225 e. The van der Waals surface area contributed by atoms with Gasteiger partial charge in [0.2, 0.25) is 11.8 Å². The van der Waals surface area contributed by atoms with Crippen LogP contribution < -0.4 is 10.6 Å². The minimum absolute atomic E-state index is 0.0960. The molecule has 24 heavy (non-hydrogen) atoms. The Morgan fingerprint density at radius 1 is 1.38 bits per heavy atom. The largest absolute Gasteiger partial charge is 0.348 e. The van der Waals surface area contributed by atoms with E-state index in [1.165, 1.54) is 6.92 Å². The quantitative estimate of drug-likeness (QED) is 0.825. The number of carbonyl (C=O) groups excluding carboxylic acids is 2. The minimum atomic E-state index is -0.215. The Labute approximate surface area is 147 Å². The van der Waals surface area contributed by atoms with Crippen LogP contribution in [0.2, 0.25) is 0 Å². The van der Waals surface area contributed by atoms with E-state index in [1.54, 1.807) is 11.3 Å². The summed E-state index contributed by atoms with van der Waals surface area (Å²) in [7, 11) is 0. The highest BCUT2D eigenvalue weighted by atomic mass is 32.1. The van der Waals surface area contributed by atoms with Gasteiger partial charge in [-0.15, -0.1) is 11.3 Å². The molecule has 2 aliphatic rings. The molecule has 0 radical (unpaired) electrons. The molecular weight excluding hydrogens is 324 g/mol. The zero-order valence-corrected chi connectivity index (χ0v) is 15.0. The number of rotatable bonds is 5. The number of hydrogen-bond acceptors (Lipinski definition) is 5. The SMILES string of the molecule is CC(=O)NC(CC(=O)N1CCC(N2CCNCC2)C1)c1cccs1. The number of carbonyl (C=O) groups is 2. The summed E-state index contributed by atoms with van der Waals surface area (Å²) in [6, 6.07) is 4.20. The summed E-state index contributed by atoms with van der Waals surface area (Å²) in [6.07, 6.45) is 1.39. The first kappa shape index (κ1) is 17.4. The van der Waals surface area contributed by atoms with Crippen molar-refractivity contribution in [3.05, 3.63) is 22.4 Å². The van der Waals surface area contributed by atoms with Crippen molar-refractivity contribution >= 4 is 23.2 Å². The molecule has 2 amide bonds. The molecule has 0 aliphatic carbocycles. The Kier molecular flexibility index (Phi) is 5.86. The standard InChI is InChI=1S/C17H26N4O2S/c1-13(22)19-15(16-3-2-10-24-16)11-17(23)21-7-4-14(12-21)20-8-5-18-6-9-20/h2-3,10,14-15,18H,4-9,11-12H2,1H3,(H,19,22). The summed E-state index contributed by atoms with van der Waals surface area (Å²) in [4.78, 5) is 29.7. The highest BCUT2D eigenvalue weighted by molar-refractivity contribution is 7.10. The Bertz CT molecular complexity index is 557. The van der Waals surface area contributed by atoms with Gasteiger partial charge < -0.3 is 15.5 Å². The molecular formula is C17H26N4O2S. The van der Waals surface area contributed by atoms with Crippen molar-refractivity contribution in [2.45, 2.75) is 31.8 Å². The molecule has 0 bridgehead atoms. The van der Waals surface area contributed by atoms with Gasteiger partial charge in [0.25, 0.3) is 0 Å². The second-order valence-electron chi connectivity index (χ2n) is 6.54. The maximum atomic E-state index is 12.7. The number of thiophene rings is 1. The average Bonchev–Trinajstić information content (AvgIpc) is 3.26. The molecule has 2 fully saturated rings. The van der Waals surface area contributed by atoms with Crippen molar-refractivity contribution < 1.29 is 9.59 Å². The first-order chi connectivity index (χ1) is 11.6. The van der Waals surface area contributed by atoms with Gasteiger partial charge in [-0.05, 0) is 17.9 Å². The third-order valence-electron chi connectivity index (χ3n) is 4.83. The minimum Gasteiger partial charge on any atom is -0.348 e. The van der Waals surface area contributed by atoms with E-state index >= 15 is 0 Å². The molecule has 3 heterocycles. The van der Waals surface area contributed by atoms with Crippen LogP contribution in [-0.4, -0.2) is 66.9 Å². The predicted molar refractivity (Wildman–Crippen MR) is 94.9 cm³/mol. The summed E-state index contributed by atoms with van der Waals surface area (Å²) in [5.41, 5.74) is 0. The van der Waals surface area contributed by atoms with Crippen molar-refractivity contribution in [1.29, 1.82) is 0 Å². The molecule has 2 N–H and O–H groups in total. The average molecular weight is 350 g/mol. The fourth-order valence-electron chi connectivity index (χ4n) is 3.58. The van der Waals surface area contributed by atoms with Gasteiger partial charge in [-0.2, -0.15) is 0 Å². The van der Waals surface area contributed by atoms with E-state index in [9.17, 15) is 9.59 Å². The molecule has 2 aliphatic heterocycles. The van der Waals surface area contributed by atoms with Crippen LogP contribution in [0.15, 0.2) is 17.5 Å². The van der Waals surface area contributed by atoms with Crippen molar-refractivity contribution in [2.24, 2.45) is 0 Å². The second-order valence-corrected chi connectivity index (χ2v) is 7.52. The van der Waals surface area contributed by atoms with Gasteiger partial charge in [-0.1, -0.05) is 6.07 Å². The molecule has 2 atom stereocenters. The van der Waals surface area contributed by atoms with Crippen molar-refractivity contribution in [3.63, 3.8) is 0 Å². The number of piperazine rings is 1. The van der Waals surface area contributed by atoms with E-state index in [4.69, 9.17) is 0 Å².